The van der Waals surface area contributed by atoms with Gasteiger partial charge in [-0.05, 0) is 19.1 Å². The minimum atomic E-state index is -2.96. The molecule has 3 nitrogen and oxygen atoms in total. The smallest absolute Gasteiger partial charge is 0.387 e. The molecule has 0 N–H and O–H groups in total. The minimum absolute atomic E-state index is 0.00204. The molecule has 0 atom stereocenters. The molecular weight excluding hydrogens is 206 g/mol. The van der Waals surface area contributed by atoms with E-state index in [9.17, 15) is 13.6 Å². The molecule has 0 amide bonds. The van der Waals surface area contributed by atoms with Crippen LogP contribution in [0.1, 0.15) is 15.9 Å². The molecule has 0 spiro atoms. The third kappa shape index (κ3) is 2.90. The first-order valence-corrected chi connectivity index (χ1v) is 4.18. The average molecular weight is 216 g/mol. The Bertz CT molecular complexity index is 364. The Morgan fingerprint density at radius 2 is 2.07 bits per heavy atom. The van der Waals surface area contributed by atoms with Crippen molar-refractivity contribution in [2.75, 3.05) is 7.11 Å². The molecule has 0 unspecified atom stereocenters. The number of hydrogen-bond acceptors (Lipinski definition) is 3. The third-order valence-electron chi connectivity index (χ3n) is 1.76. The maximum Gasteiger partial charge on any atom is 0.387 e. The van der Waals surface area contributed by atoms with E-state index in [2.05, 4.69) is 9.47 Å². The number of ether oxygens (including phenoxy) is 2. The molecule has 0 saturated heterocycles. The van der Waals surface area contributed by atoms with Gasteiger partial charge in [-0.25, -0.2) is 4.79 Å². The van der Waals surface area contributed by atoms with Crippen LogP contribution in [-0.4, -0.2) is 19.7 Å². The summed E-state index contributed by atoms with van der Waals surface area (Å²) in [6.07, 6.45) is 0. The molecule has 0 aliphatic rings. The lowest BCUT2D eigenvalue weighted by molar-refractivity contribution is -0.0504. The fourth-order valence-electron chi connectivity index (χ4n) is 1.11. The van der Waals surface area contributed by atoms with Crippen molar-refractivity contribution in [3.05, 3.63) is 29.3 Å². The zero-order valence-corrected chi connectivity index (χ0v) is 8.29. The first-order chi connectivity index (χ1) is 7.04. The van der Waals surface area contributed by atoms with E-state index < -0.39 is 12.6 Å². The lowest BCUT2D eigenvalue weighted by Gasteiger charge is -2.09. The van der Waals surface area contributed by atoms with E-state index in [0.717, 1.165) is 5.56 Å². The molecule has 0 saturated carbocycles. The highest BCUT2D eigenvalue weighted by Crippen LogP contribution is 2.22. The van der Waals surface area contributed by atoms with Crippen LogP contribution in [0, 0.1) is 6.92 Å². The summed E-state index contributed by atoms with van der Waals surface area (Å²) in [4.78, 5) is 11.2. The standard InChI is InChI=1S/C10H10F2O3/c1-6-3-4-8(15-10(11)12)7(5-6)9(13)14-2/h3-5,10H,1-2H3. The number of rotatable bonds is 3. The highest BCUT2D eigenvalue weighted by molar-refractivity contribution is 5.92. The Morgan fingerprint density at radius 1 is 1.40 bits per heavy atom. The summed E-state index contributed by atoms with van der Waals surface area (Å²) in [5.74, 6) is -0.878. The Balaban J connectivity index is 3.08. The highest BCUT2D eigenvalue weighted by Gasteiger charge is 2.16. The van der Waals surface area contributed by atoms with Crippen LogP contribution in [0.3, 0.4) is 0 Å². The predicted octanol–water partition coefficient (Wildman–Crippen LogP) is 2.38. The van der Waals surface area contributed by atoms with Gasteiger partial charge in [0.1, 0.15) is 11.3 Å². The second-order valence-electron chi connectivity index (χ2n) is 2.87. The average Bonchev–Trinajstić information content (AvgIpc) is 2.19. The molecule has 15 heavy (non-hydrogen) atoms. The number of carbonyl (C=O) groups is 1. The molecule has 0 aromatic heterocycles. The molecule has 1 aromatic carbocycles. The quantitative estimate of drug-likeness (QED) is 0.727. The maximum atomic E-state index is 12.0. The van der Waals surface area contributed by atoms with Crippen molar-refractivity contribution in [3.8, 4) is 5.75 Å². The zero-order valence-electron chi connectivity index (χ0n) is 8.29. The van der Waals surface area contributed by atoms with Gasteiger partial charge in [-0.15, -0.1) is 0 Å². The van der Waals surface area contributed by atoms with Gasteiger partial charge in [-0.2, -0.15) is 8.78 Å². The van der Waals surface area contributed by atoms with Crippen LogP contribution in [-0.2, 0) is 4.74 Å². The minimum Gasteiger partial charge on any atom is -0.465 e. The van der Waals surface area contributed by atoms with Crippen molar-refractivity contribution in [2.24, 2.45) is 0 Å². The largest absolute Gasteiger partial charge is 0.465 e. The number of alkyl halides is 2. The molecule has 0 aliphatic carbocycles. The number of hydrogen-bond donors (Lipinski definition) is 0. The van der Waals surface area contributed by atoms with E-state index in [1.807, 2.05) is 0 Å². The van der Waals surface area contributed by atoms with Crippen LogP contribution in [0.4, 0.5) is 8.78 Å². The van der Waals surface area contributed by atoms with Gasteiger partial charge in [0.05, 0.1) is 7.11 Å². The zero-order chi connectivity index (χ0) is 11.4. The second kappa shape index (κ2) is 4.72. The summed E-state index contributed by atoms with van der Waals surface area (Å²) in [6.45, 7) is -1.23. The van der Waals surface area contributed by atoms with E-state index in [0.29, 0.717) is 0 Å². The summed E-state index contributed by atoms with van der Waals surface area (Å²) in [5, 5.41) is 0. The molecule has 1 rings (SSSR count). The number of halogens is 2. The number of benzene rings is 1. The Kier molecular flexibility index (Phi) is 3.60. The van der Waals surface area contributed by atoms with Crippen LogP contribution in [0.2, 0.25) is 0 Å². The molecular formula is C10H10F2O3. The van der Waals surface area contributed by atoms with E-state index in [-0.39, 0.29) is 11.3 Å². The first kappa shape index (κ1) is 11.4. The summed E-state index contributed by atoms with van der Waals surface area (Å²) in [7, 11) is 1.18. The fourth-order valence-corrected chi connectivity index (χ4v) is 1.11. The molecule has 0 bridgehead atoms. The van der Waals surface area contributed by atoms with Crippen LogP contribution < -0.4 is 4.74 Å². The van der Waals surface area contributed by atoms with Crippen LogP contribution in [0.5, 0.6) is 5.75 Å². The van der Waals surface area contributed by atoms with Crippen molar-refractivity contribution in [2.45, 2.75) is 13.5 Å². The molecule has 0 aliphatic heterocycles. The van der Waals surface area contributed by atoms with Gasteiger partial charge < -0.3 is 9.47 Å². The molecule has 0 heterocycles. The van der Waals surface area contributed by atoms with E-state index in [4.69, 9.17) is 0 Å². The van der Waals surface area contributed by atoms with E-state index in [1.165, 1.54) is 19.2 Å². The van der Waals surface area contributed by atoms with Crippen molar-refractivity contribution in [3.63, 3.8) is 0 Å². The molecule has 0 radical (unpaired) electrons. The van der Waals surface area contributed by atoms with Crippen molar-refractivity contribution >= 4 is 5.97 Å². The van der Waals surface area contributed by atoms with Crippen LogP contribution >= 0.6 is 0 Å². The van der Waals surface area contributed by atoms with Crippen molar-refractivity contribution in [1.82, 2.24) is 0 Å². The normalized spacial score (nSPS) is 10.2. The first-order valence-electron chi connectivity index (χ1n) is 4.18. The molecule has 82 valence electrons. The predicted molar refractivity (Wildman–Crippen MR) is 49.2 cm³/mol. The van der Waals surface area contributed by atoms with E-state index >= 15 is 0 Å². The van der Waals surface area contributed by atoms with E-state index in [1.54, 1.807) is 13.0 Å². The number of esters is 1. The Labute approximate surface area is 85.6 Å². The third-order valence-corrected chi connectivity index (χ3v) is 1.76. The fraction of sp³-hybridized carbons (Fsp3) is 0.300. The molecule has 5 heteroatoms. The van der Waals surface area contributed by atoms with Gasteiger partial charge in [0.2, 0.25) is 0 Å². The van der Waals surface area contributed by atoms with Gasteiger partial charge in [0.25, 0.3) is 0 Å². The molecule has 1 aromatic rings. The highest BCUT2D eigenvalue weighted by atomic mass is 19.3. The Morgan fingerprint density at radius 3 is 2.60 bits per heavy atom. The number of carbonyl (C=O) groups excluding carboxylic acids is 1. The van der Waals surface area contributed by atoms with Crippen molar-refractivity contribution < 1.29 is 23.0 Å². The lowest BCUT2D eigenvalue weighted by atomic mass is 10.1. The second-order valence-corrected chi connectivity index (χ2v) is 2.87. The number of aryl methyl sites for hydroxylation is 1. The van der Waals surface area contributed by atoms with Gasteiger partial charge >= 0.3 is 12.6 Å². The SMILES string of the molecule is COC(=O)c1cc(C)ccc1OC(F)F. The molecule has 0 fully saturated rings. The van der Waals surface area contributed by atoms with Gasteiger partial charge in [0.15, 0.2) is 0 Å². The summed E-state index contributed by atoms with van der Waals surface area (Å²) in [6, 6.07) is 4.32. The topological polar surface area (TPSA) is 35.5 Å². The number of methoxy groups -OCH3 is 1. The maximum absolute atomic E-state index is 12.0. The summed E-state index contributed by atoms with van der Waals surface area (Å²) < 4.78 is 32.6. The monoisotopic (exact) mass is 216 g/mol. The van der Waals surface area contributed by atoms with Crippen LogP contribution in [0.25, 0.3) is 0 Å². The Hall–Kier alpha value is -1.65. The van der Waals surface area contributed by atoms with Gasteiger partial charge in [-0.3, -0.25) is 0 Å². The van der Waals surface area contributed by atoms with Crippen LogP contribution in [0.15, 0.2) is 18.2 Å². The summed E-state index contributed by atoms with van der Waals surface area (Å²) >= 11 is 0. The van der Waals surface area contributed by atoms with Crippen molar-refractivity contribution in [1.29, 1.82) is 0 Å². The lowest BCUT2D eigenvalue weighted by Crippen LogP contribution is -2.09. The van der Waals surface area contributed by atoms with Gasteiger partial charge in [-0.1, -0.05) is 11.6 Å². The van der Waals surface area contributed by atoms with Gasteiger partial charge in [0, 0.05) is 0 Å². The summed E-state index contributed by atoms with van der Waals surface area (Å²) in [5.41, 5.74) is 0.759.